The first-order chi connectivity index (χ1) is 6.16. The van der Waals surface area contributed by atoms with E-state index in [0.717, 1.165) is 11.1 Å². The van der Waals surface area contributed by atoms with E-state index in [-0.39, 0.29) is 6.61 Å². The molecule has 3 heteroatoms. The highest BCUT2D eigenvalue weighted by molar-refractivity contribution is 5.89. The maximum Gasteiger partial charge on any atom is 0.335 e. The van der Waals surface area contributed by atoms with E-state index in [1.54, 1.807) is 19.1 Å². The normalized spacial score (nSPS) is 10.0. The Bertz CT molecular complexity index is 318. The van der Waals surface area contributed by atoms with Gasteiger partial charge in [-0.25, -0.2) is 4.79 Å². The van der Waals surface area contributed by atoms with Crippen LogP contribution in [-0.4, -0.2) is 22.8 Å². The second-order valence-corrected chi connectivity index (χ2v) is 2.87. The van der Waals surface area contributed by atoms with Crippen LogP contribution in [0.15, 0.2) is 18.2 Å². The fraction of sp³-hybridized carbons (Fsp3) is 0.300. The van der Waals surface area contributed by atoms with Crippen LogP contribution in [0.2, 0.25) is 0 Å². The van der Waals surface area contributed by atoms with Crippen molar-refractivity contribution in [3.63, 3.8) is 0 Å². The zero-order chi connectivity index (χ0) is 9.84. The average molecular weight is 180 g/mol. The summed E-state index contributed by atoms with van der Waals surface area (Å²) in [5.41, 5.74) is 1.94. The Morgan fingerprint density at radius 1 is 1.46 bits per heavy atom. The first-order valence-corrected chi connectivity index (χ1v) is 4.09. The van der Waals surface area contributed by atoms with E-state index in [4.69, 9.17) is 10.2 Å². The topological polar surface area (TPSA) is 57.5 Å². The van der Waals surface area contributed by atoms with Gasteiger partial charge in [-0.2, -0.15) is 0 Å². The van der Waals surface area contributed by atoms with Crippen molar-refractivity contribution in [3.8, 4) is 0 Å². The predicted molar refractivity (Wildman–Crippen MR) is 48.9 cm³/mol. The van der Waals surface area contributed by atoms with Crippen molar-refractivity contribution >= 4 is 5.97 Å². The van der Waals surface area contributed by atoms with Gasteiger partial charge in [-0.1, -0.05) is 12.1 Å². The summed E-state index contributed by atoms with van der Waals surface area (Å²) in [4.78, 5) is 10.7. The van der Waals surface area contributed by atoms with Crippen LogP contribution in [0.1, 0.15) is 21.5 Å². The SMILES string of the molecule is Cc1c(CCO)cccc1C(=O)O. The fourth-order valence-corrected chi connectivity index (χ4v) is 1.31. The molecule has 70 valence electrons. The van der Waals surface area contributed by atoms with Crippen molar-refractivity contribution in [1.29, 1.82) is 0 Å². The van der Waals surface area contributed by atoms with Gasteiger partial charge in [-0.15, -0.1) is 0 Å². The molecule has 0 saturated heterocycles. The van der Waals surface area contributed by atoms with Gasteiger partial charge in [0.2, 0.25) is 0 Å². The molecule has 0 bridgehead atoms. The summed E-state index contributed by atoms with van der Waals surface area (Å²) in [6, 6.07) is 5.10. The minimum absolute atomic E-state index is 0.0455. The van der Waals surface area contributed by atoms with E-state index in [2.05, 4.69) is 0 Å². The van der Waals surface area contributed by atoms with E-state index in [0.29, 0.717) is 12.0 Å². The molecule has 1 aromatic carbocycles. The molecule has 0 amide bonds. The number of aliphatic hydroxyl groups is 1. The molecule has 0 aliphatic heterocycles. The molecule has 0 radical (unpaired) electrons. The zero-order valence-corrected chi connectivity index (χ0v) is 7.45. The third kappa shape index (κ3) is 2.06. The van der Waals surface area contributed by atoms with Gasteiger partial charge in [0.25, 0.3) is 0 Å². The molecule has 3 nitrogen and oxygen atoms in total. The van der Waals surface area contributed by atoms with Crippen LogP contribution in [0.4, 0.5) is 0 Å². The second-order valence-electron chi connectivity index (χ2n) is 2.87. The third-order valence-corrected chi connectivity index (χ3v) is 2.06. The van der Waals surface area contributed by atoms with E-state index in [1.807, 2.05) is 6.07 Å². The van der Waals surface area contributed by atoms with Crippen molar-refractivity contribution in [2.75, 3.05) is 6.61 Å². The van der Waals surface area contributed by atoms with Crippen molar-refractivity contribution in [1.82, 2.24) is 0 Å². The van der Waals surface area contributed by atoms with Gasteiger partial charge in [0.15, 0.2) is 0 Å². The molecule has 1 rings (SSSR count). The number of benzene rings is 1. The molecule has 0 aromatic heterocycles. The predicted octanol–water partition coefficient (Wildman–Crippen LogP) is 1.23. The number of hydrogen-bond acceptors (Lipinski definition) is 2. The number of aliphatic hydroxyl groups excluding tert-OH is 1. The Labute approximate surface area is 76.6 Å². The Morgan fingerprint density at radius 3 is 2.69 bits per heavy atom. The van der Waals surface area contributed by atoms with Crippen molar-refractivity contribution in [3.05, 3.63) is 34.9 Å². The zero-order valence-electron chi connectivity index (χ0n) is 7.45. The summed E-state index contributed by atoms with van der Waals surface area (Å²) in [7, 11) is 0. The van der Waals surface area contributed by atoms with Crippen LogP contribution >= 0.6 is 0 Å². The van der Waals surface area contributed by atoms with Crippen LogP contribution in [0.5, 0.6) is 0 Å². The summed E-state index contributed by atoms with van der Waals surface area (Å²) >= 11 is 0. The highest BCUT2D eigenvalue weighted by Gasteiger charge is 2.08. The number of aromatic carboxylic acids is 1. The minimum Gasteiger partial charge on any atom is -0.478 e. The summed E-state index contributed by atoms with van der Waals surface area (Å²) in [6.07, 6.45) is 0.507. The molecule has 13 heavy (non-hydrogen) atoms. The summed E-state index contributed by atoms with van der Waals surface area (Å²) in [5.74, 6) is -0.919. The molecule has 0 heterocycles. The Balaban J connectivity index is 3.10. The summed E-state index contributed by atoms with van der Waals surface area (Å²) in [5, 5.41) is 17.5. The number of carboxylic acid groups (broad SMARTS) is 1. The molecular formula is C10H12O3. The first kappa shape index (κ1) is 9.74. The maximum atomic E-state index is 10.7. The number of hydrogen-bond donors (Lipinski definition) is 2. The molecule has 2 N–H and O–H groups in total. The molecule has 0 atom stereocenters. The van der Waals surface area contributed by atoms with Crippen LogP contribution in [0, 0.1) is 6.92 Å². The fourth-order valence-electron chi connectivity index (χ4n) is 1.31. The van der Waals surface area contributed by atoms with Crippen molar-refractivity contribution in [2.24, 2.45) is 0 Å². The lowest BCUT2D eigenvalue weighted by Gasteiger charge is -2.06. The molecule has 0 aliphatic carbocycles. The molecule has 0 aliphatic rings. The van der Waals surface area contributed by atoms with Crippen molar-refractivity contribution < 1.29 is 15.0 Å². The largest absolute Gasteiger partial charge is 0.478 e. The highest BCUT2D eigenvalue weighted by Crippen LogP contribution is 2.13. The Hall–Kier alpha value is -1.35. The van der Waals surface area contributed by atoms with Crippen LogP contribution in [0.3, 0.4) is 0 Å². The summed E-state index contributed by atoms with van der Waals surface area (Å²) < 4.78 is 0. The van der Waals surface area contributed by atoms with E-state index in [1.165, 1.54) is 0 Å². The standard InChI is InChI=1S/C10H12O3/c1-7-8(5-6-11)3-2-4-9(7)10(12)13/h2-4,11H,5-6H2,1H3,(H,12,13). The smallest absolute Gasteiger partial charge is 0.335 e. The Kier molecular flexibility index (Phi) is 3.03. The molecule has 0 spiro atoms. The summed E-state index contributed by atoms with van der Waals surface area (Å²) in [6.45, 7) is 1.80. The quantitative estimate of drug-likeness (QED) is 0.735. The molecule has 1 aromatic rings. The molecule has 0 unspecified atom stereocenters. The monoisotopic (exact) mass is 180 g/mol. The number of carbonyl (C=O) groups is 1. The van der Waals surface area contributed by atoms with Crippen LogP contribution < -0.4 is 0 Å². The van der Waals surface area contributed by atoms with Crippen LogP contribution in [-0.2, 0) is 6.42 Å². The van der Waals surface area contributed by atoms with Crippen molar-refractivity contribution in [2.45, 2.75) is 13.3 Å². The lowest BCUT2D eigenvalue weighted by atomic mass is 10.0. The lowest BCUT2D eigenvalue weighted by Crippen LogP contribution is -2.03. The van der Waals surface area contributed by atoms with Gasteiger partial charge >= 0.3 is 5.97 Å². The molecular weight excluding hydrogens is 168 g/mol. The van der Waals surface area contributed by atoms with Gasteiger partial charge in [0, 0.05) is 6.61 Å². The Morgan fingerprint density at radius 2 is 2.15 bits per heavy atom. The van der Waals surface area contributed by atoms with E-state index >= 15 is 0 Å². The lowest BCUT2D eigenvalue weighted by molar-refractivity contribution is 0.0696. The van der Waals surface area contributed by atoms with Gasteiger partial charge in [0.05, 0.1) is 5.56 Å². The average Bonchev–Trinajstić information content (AvgIpc) is 2.08. The number of rotatable bonds is 3. The van der Waals surface area contributed by atoms with Gasteiger partial charge in [0.1, 0.15) is 0 Å². The minimum atomic E-state index is -0.919. The van der Waals surface area contributed by atoms with Gasteiger partial charge in [-0.3, -0.25) is 0 Å². The first-order valence-electron chi connectivity index (χ1n) is 4.09. The highest BCUT2D eigenvalue weighted by atomic mass is 16.4. The maximum absolute atomic E-state index is 10.7. The number of carboxylic acids is 1. The van der Waals surface area contributed by atoms with E-state index < -0.39 is 5.97 Å². The molecule has 0 fully saturated rings. The molecule has 0 saturated carbocycles. The second kappa shape index (κ2) is 4.05. The van der Waals surface area contributed by atoms with Gasteiger partial charge in [-0.05, 0) is 30.5 Å². The van der Waals surface area contributed by atoms with Gasteiger partial charge < -0.3 is 10.2 Å². The third-order valence-electron chi connectivity index (χ3n) is 2.06. The van der Waals surface area contributed by atoms with E-state index in [9.17, 15) is 4.79 Å². The van der Waals surface area contributed by atoms with Crippen LogP contribution in [0.25, 0.3) is 0 Å².